The van der Waals surface area contributed by atoms with E-state index in [1.54, 1.807) is 6.20 Å². The van der Waals surface area contributed by atoms with Crippen LogP contribution < -0.4 is 5.32 Å². The highest BCUT2D eigenvalue weighted by molar-refractivity contribution is 5.85. The van der Waals surface area contributed by atoms with Gasteiger partial charge in [-0.05, 0) is 56.4 Å². The smallest absolute Gasteiger partial charge is 0.379 e. The molecule has 0 bridgehead atoms. The molecule has 1 saturated carbocycles. The molecule has 5 nitrogen and oxygen atoms in total. The second kappa shape index (κ2) is 9.27. The van der Waals surface area contributed by atoms with E-state index >= 15 is 0 Å². The lowest BCUT2D eigenvalue weighted by atomic mass is 9.90. The number of hydrogen-bond acceptors (Lipinski definition) is 4. The van der Waals surface area contributed by atoms with E-state index in [4.69, 9.17) is 4.98 Å². The number of nitrogens with one attached hydrogen (secondary N) is 2. The van der Waals surface area contributed by atoms with E-state index in [0.717, 1.165) is 60.3 Å². The number of alkyl halides is 4. The van der Waals surface area contributed by atoms with E-state index in [-0.39, 0.29) is 24.2 Å². The van der Waals surface area contributed by atoms with Crippen molar-refractivity contribution in [3.05, 3.63) is 59.5 Å². The van der Waals surface area contributed by atoms with Gasteiger partial charge in [0.1, 0.15) is 0 Å². The monoisotopic (exact) mass is 515 g/mol. The minimum atomic E-state index is -4.31. The van der Waals surface area contributed by atoms with Crippen LogP contribution in [0.25, 0.3) is 10.9 Å². The van der Waals surface area contributed by atoms with Crippen LogP contribution in [0.2, 0.25) is 0 Å². The molecule has 3 aliphatic rings. The van der Waals surface area contributed by atoms with Gasteiger partial charge in [0, 0.05) is 53.7 Å². The normalized spacial score (nSPS) is 25.6. The van der Waals surface area contributed by atoms with Gasteiger partial charge in [-0.25, -0.2) is 0 Å². The summed E-state index contributed by atoms with van der Waals surface area (Å²) in [6, 6.07) is 11.1. The summed E-state index contributed by atoms with van der Waals surface area (Å²) in [6.45, 7) is 3.22. The molecule has 198 valence electrons. The van der Waals surface area contributed by atoms with Crippen molar-refractivity contribution in [1.29, 1.82) is 0 Å². The zero-order valence-electron chi connectivity index (χ0n) is 21.0. The van der Waals surface area contributed by atoms with Gasteiger partial charge in [0.05, 0.1) is 36.8 Å². The highest BCUT2D eigenvalue weighted by Gasteiger charge is 2.54. The zero-order chi connectivity index (χ0) is 25.8. The molecule has 2 N–H and O–H groups in total. The third kappa shape index (κ3) is 4.72. The fourth-order valence-electron chi connectivity index (χ4n) is 6.52. The summed E-state index contributed by atoms with van der Waals surface area (Å²) in [5, 5.41) is 4.69. The van der Waals surface area contributed by atoms with Crippen molar-refractivity contribution < 1.29 is 17.6 Å². The van der Waals surface area contributed by atoms with Gasteiger partial charge in [-0.3, -0.25) is 14.3 Å². The lowest BCUT2D eigenvalue weighted by molar-refractivity contribution is -0.155. The number of aromatic amines is 1. The van der Waals surface area contributed by atoms with Crippen molar-refractivity contribution in [2.45, 2.75) is 56.9 Å². The predicted octanol–water partition coefficient (Wildman–Crippen LogP) is 5.70. The van der Waals surface area contributed by atoms with Crippen LogP contribution in [0.4, 0.5) is 23.2 Å². The molecule has 3 atom stereocenters. The van der Waals surface area contributed by atoms with Gasteiger partial charge in [0.15, 0.2) is 0 Å². The average molecular weight is 516 g/mol. The Morgan fingerprint density at radius 3 is 2.68 bits per heavy atom. The Hall–Kier alpha value is -2.65. The largest absolute Gasteiger partial charge is 0.401 e. The molecule has 0 amide bonds. The number of rotatable bonds is 7. The number of para-hydroxylation sites is 1. The van der Waals surface area contributed by atoms with Crippen molar-refractivity contribution in [2.75, 3.05) is 38.2 Å². The SMILES string of the molecule is C[C@@H]1Cc2c([nH]c3ccccc23)[C@@H](c2ccc(N[C@@H]3CN(CCCF)CC34CC4)cn2)N1CC(F)(F)F. The molecule has 2 aromatic heterocycles. The standard InChI is InChI=1S/C28H33F4N5/c1-18-13-21-20-5-2-3-6-22(20)35-25(21)26(37(18)17-28(30,31)32)23-8-7-19(14-33-23)34-24-15-36(12-4-11-29)16-27(24)9-10-27/h2-3,5-8,14,18,24,26,34-35H,4,9-13,15-17H2,1H3/t18-,24-,26-/m1/s1. The second-order valence-corrected chi connectivity index (χ2v) is 11.1. The van der Waals surface area contributed by atoms with E-state index < -0.39 is 18.8 Å². The van der Waals surface area contributed by atoms with Gasteiger partial charge < -0.3 is 15.2 Å². The van der Waals surface area contributed by atoms with E-state index in [2.05, 4.69) is 15.2 Å². The number of fused-ring (bicyclic) bond motifs is 3. The molecular weight excluding hydrogens is 482 g/mol. The summed E-state index contributed by atoms with van der Waals surface area (Å²) in [5.41, 5.74) is 4.53. The molecule has 1 aromatic carbocycles. The molecule has 0 unspecified atom stereocenters. The van der Waals surface area contributed by atoms with Gasteiger partial charge in [0.2, 0.25) is 0 Å². The zero-order valence-corrected chi connectivity index (χ0v) is 21.0. The predicted molar refractivity (Wildman–Crippen MR) is 136 cm³/mol. The number of nitrogens with zero attached hydrogens (tertiary/aromatic N) is 3. The molecule has 9 heteroatoms. The Bertz CT molecular complexity index is 1250. The van der Waals surface area contributed by atoms with Crippen LogP contribution in [-0.2, 0) is 6.42 Å². The minimum absolute atomic E-state index is 0.247. The topological polar surface area (TPSA) is 47.2 Å². The molecule has 4 heterocycles. The molecule has 2 fully saturated rings. The van der Waals surface area contributed by atoms with Crippen LogP contribution >= 0.6 is 0 Å². The van der Waals surface area contributed by atoms with Gasteiger partial charge in [-0.1, -0.05) is 18.2 Å². The maximum Gasteiger partial charge on any atom is 0.401 e. The number of anilines is 1. The van der Waals surface area contributed by atoms with E-state index in [1.807, 2.05) is 43.3 Å². The first-order valence-electron chi connectivity index (χ1n) is 13.2. The number of likely N-dealkylation sites (tertiary alicyclic amines) is 1. The van der Waals surface area contributed by atoms with Crippen molar-refractivity contribution in [1.82, 2.24) is 19.8 Å². The average Bonchev–Trinajstić information content (AvgIpc) is 3.44. The van der Waals surface area contributed by atoms with Gasteiger partial charge in [-0.2, -0.15) is 13.2 Å². The summed E-state index contributed by atoms with van der Waals surface area (Å²) in [7, 11) is 0. The van der Waals surface area contributed by atoms with Crippen LogP contribution in [-0.4, -0.2) is 70.9 Å². The van der Waals surface area contributed by atoms with Crippen LogP contribution in [0, 0.1) is 5.41 Å². The Morgan fingerprint density at radius 1 is 1.16 bits per heavy atom. The number of pyridine rings is 1. The first-order valence-corrected chi connectivity index (χ1v) is 13.2. The molecule has 37 heavy (non-hydrogen) atoms. The molecule has 0 radical (unpaired) electrons. The Morgan fingerprint density at radius 2 is 1.97 bits per heavy atom. The summed E-state index contributed by atoms with van der Waals surface area (Å²) in [4.78, 5) is 12.0. The first-order chi connectivity index (χ1) is 17.8. The summed E-state index contributed by atoms with van der Waals surface area (Å²) in [5.74, 6) is 0. The van der Waals surface area contributed by atoms with Gasteiger partial charge in [-0.15, -0.1) is 0 Å². The van der Waals surface area contributed by atoms with Crippen LogP contribution in [0.3, 0.4) is 0 Å². The van der Waals surface area contributed by atoms with Gasteiger partial charge >= 0.3 is 6.18 Å². The van der Waals surface area contributed by atoms with Crippen molar-refractivity contribution in [3.63, 3.8) is 0 Å². The van der Waals surface area contributed by atoms with Crippen LogP contribution in [0.15, 0.2) is 42.6 Å². The summed E-state index contributed by atoms with van der Waals surface area (Å²) in [6.07, 6.45) is 0.878. The highest BCUT2D eigenvalue weighted by atomic mass is 19.4. The van der Waals surface area contributed by atoms with E-state index in [9.17, 15) is 17.6 Å². The quantitative estimate of drug-likeness (QED) is 0.397. The Kier molecular flexibility index (Phi) is 6.18. The van der Waals surface area contributed by atoms with Gasteiger partial charge in [0.25, 0.3) is 0 Å². The van der Waals surface area contributed by atoms with E-state index in [1.165, 1.54) is 4.90 Å². The number of H-pyrrole nitrogens is 1. The lowest BCUT2D eigenvalue weighted by Crippen LogP contribution is -2.47. The molecule has 6 rings (SSSR count). The maximum atomic E-state index is 13.7. The number of benzene rings is 1. The fourth-order valence-corrected chi connectivity index (χ4v) is 6.52. The first kappa shape index (κ1) is 24.7. The molecule has 1 aliphatic carbocycles. The van der Waals surface area contributed by atoms with E-state index in [0.29, 0.717) is 18.5 Å². The van der Waals surface area contributed by atoms with Crippen molar-refractivity contribution in [2.24, 2.45) is 5.41 Å². The highest BCUT2D eigenvalue weighted by Crippen LogP contribution is 2.53. The third-order valence-corrected chi connectivity index (χ3v) is 8.51. The number of halogens is 4. The molecular formula is C28H33F4N5. The Balaban J connectivity index is 1.28. The molecule has 3 aromatic rings. The second-order valence-electron chi connectivity index (χ2n) is 11.1. The number of hydrogen-bond donors (Lipinski definition) is 2. The lowest BCUT2D eigenvalue weighted by Gasteiger charge is -2.40. The fraction of sp³-hybridized carbons (Fsp3) is 0.536. The van der Waals surface area contributed by atoms with Crippen molar-refractivity contribution >= 4 is 16.6 Å². The summed E-state index contributed by atoms with van der Waals surface area (Å²) < 4.78 is 53.6. The molecule has 1 spiro atoms. The minimum Gasteiger partial charge on any atom is -0.379 e. The van der Waals surface area contributed by atoms with Crippen LogP contribution in [0.1, 0.15) is 49.2 Å². The van der Waals surface area contributed by atoms with Crippen molar-refractivity contribution in [3.8, 4) is 0 Å². The summed E-state index contributed by atoms with van der Waals surface area (Å²) >= 11 is 0. The molecule has 1 saturated heterocycles. The maximum absolute atomic E-state index is 13.7. The third-order valence-electron chi connectivity index (χ3n) is 8.51. The Labute approximate surface area is 214 Å². The molecule has 2 aliphatic heterocycles. The van der Waals surface area contributed by atoms with Crippen LogP contribution in [0.5, 0.6) is 0 Å². The number of aromatic nitrogens is 2.